The van der Waals surface area contributed by atoms with Gasteiger partial charge < -0.3 is 9.84 Å². The molecule has 0 aliphatic carbocycles. The first kappa shape index (κ1) is 22.6. The zero-order valence-corrected chi connectivity index (χ0v) is 16.8. The van der Waals surface area contributed by atoms with Crippen LogP contribution >= 0.6 is 11.6 Å². The standard InChI is InChI=1S/C18H26ClNO5S/c1-4-25-18(22)6-5-11-20(16(13-21)12-14(2)3)26(23,24)17-9-7-15(19)8-10-17/h5-10,14,16,21H,4,11-13H2,1-3H3/b6-5+. The van der Waals surface area contributed by atoms with Crippen LogP contribution < -0.4 is 0 Å². The zero-order chi connectivity index (χ0) is 19.7. The van der Waals surface area contributed by atoms with Gasteiger partial charge in [-0.25, -0.2) is 13.2 Å². The predicted octanol–water partition coefficient (Wildman–Crippen LogP) is 2.86. The summed E-state index contributed by atoms with van der Waals surface area (Å²) in [5, 5.41) is 10.2. The monoisotopic (exact) mass is 403 g/mol. The fraction of sp³-hybridized carbons (Fsp3) is 0.500. The van der Waals surface area contributed by atoms with Crippen molar-refractivity contribution in [1.82, 2.24) is 4.31 Å². The minimum Gasteiger partial charge on any atom is -0.463 e. The Kier molecular flexibility index (Phi) is 9.29. The second-order valence-corrected chi connectivity index (χ2v) is 8.48. The maximum absolute atomic E-state index is 13.0. The van der Waals surface area contributed by atoms with Crippen LogP contribution in [0, 0.1) is 5.92 Å². The number of halogens is 1. The number of benzene rings is 1. The Morgan fingerprint density at radius 2 is 1.92 bits per heavy atom. The highest BCUT2D eigenvalue weighted by atomic mass is 35.5. The maximum atomic E-state index is 13.0. The summed E-state index contributed by atoms with van der Waals surface area (Å²) in [4.78, 5) is 11.5. The molecule has 1 aromatic carbocycles. The van der Waals surface area contributed by atoms with E-state index in [1.807, 2.05) is 13.8 Å². The number of hydrogen-bond donors (Lipinski definition) is 1. The number of aliphatic hydroxyl groups excluding tert-OH is 1. The van der Waals surface area contributed by atoms with Crippen LogP contribution in [-0.4, -0.2) is 49.6 Å². The molecule has 1 unspecified atom stereocenters. The molecule has 0 spiro atoms. The molecule has 6 nitrogen and oxygen atoms in total. The van der Waals surface area contributed by atoms with Crippen molar-refractivity contribution in [2.24, 2.45) is 5.92 Å². The van der Waals surface area contributed by atoms with Crippen LogP contribution in [0.5, 0.6) is 0 Å². The molecule has 1 atom stereocenters. The molecule has 146 valence electrons. The van der Waals surface area contributed by atoms with Gasteiger partial charge in [0.25, 0.3) is 0 Å². The van der Waals surface area contributed by atoms with Gasteiger partial charge in [0.2, 0.25) is 10.0 Å². The lowest BCUT2D eigenvalue weighted by molar-refractivity contribution is -0.137. The third kappa shape index (κ3) is 6.72. The summed E-state index contributed by atoms with van der Waals surface area (Å²) in [5.41, 5.74) is 0. The highest BCUT2D eigenvalue weighted by Gasteiger charge is 2.30. The first-order valence-electron chi connectivity index (χ1n) is 8.43. The molecule has 0 aromatic heterocycles. The van der Waals surface area contributed by atoms with Crippen molar-refractivity contribution >= 4 is 27.6 Å². The first-order chi connectivity index (χ1) is 12.2. The van der Waals surface area contributed by atoms with E-state index in [2.05, 4.69) is 0 Å². The van der Waals surface area contributed by atoms with Gasteiger partial charge in [-0.15, -0.1) is 0 Å². The van der Waals surface area contributed by atoms with Crippen molar-refractivity contribution in [2.45, 2.75) is 38.1 Å². The van der Waals surface area contributed by atoms with Gasteiger partial charge in [-0.3, -0.25) is 0 Å². The third-order valence-electron chi connectivity index (χ3n) is 3.61. The Morgan fingerprint density at radius 3 is 2.42 bits per heavy atom. The van der Waals surface area contributed by atoms with Gasteiger partial charge in [-0.05, 0) is 43.5 Å². The molecule has 0 bridgehead atoms. The minimum absolute atomic E-state index is 0.0538. The van der Waals surface area contributed by atoms with Gasteiger partial charge in [0.05, 0.1) is 18.1 Å². The van der Waals surface area contributed by atoms with Crippen molar-refractivity contribution in [3.05, 3.63) is 41.4 Å². The molecule has 0 radical (unpaired) electrons. The molecule has 1 aromatic rings. The minimum atomic E-state index is -3.87. The van der Waals surface area contributed by atoms with Crippen LogP contribution in [0.15, 0.2) is 41.3 Å². The number of ether oxygens (including phenoxy) is 1. The van der Waals surface area contributed by atoms with E-state index >= 15 is 0 Å². The molecule has 0 aliphatic heterocycles. The van der Waals surface area contributed by atoms with Crippen LogP contribution in [0.3, 0.4) is 0 Å². The Labute approximate surface area is 160 Å². The summed E-state index contributed by atoms with van der Waals surface area (Å²) >= 11 is 5.84. The van der Waals surface area contributed by atoms with Gasteiger partial charge >= 0.3 is 5.97 Å². The summed E-state index contributed by atoms with van der Waals surface area (Å²) in [6.07, 6.45) is 3.10. The molecule has 0 saturated heterocycles. The van der Waals surface area contributed by atoms with Crippen molar-refractivity contribution in [1.29, 1.82) is 0 Å². The molecule has 0 saturated carbocycles. The lowest BCUT2D eigenvalue weighted by atomic mass is 10.0. The average molecular weight is 404 g/mol. The van der Waals surface area contributed by atoms with Crippen molar-refractivity contribution in [3.63, 3.8) is 0 Å². The van der Waals surface area contributed by atoms with E-state index in [4.69, 9.17) is 16.3 Å². The van der Waals surface area contributed by atoms with E-state index in [1.54, 1.807) is 6.92 Å². The zero-order valence-electron chi connectivity index (χ0n) is 15.3. The number of esters is 1. The number of hydrogen-bond acceptors (Lipinski definition) is 5. The highest BCUT2D eigenvalue weighted by Crippen LogP contribution is 2.23. The number of aliphatic hydroxyl groups is 1. The Morgan fingerprint density at radius 1 is 1.31 bits per heavy atom. The highest BCUT2D eigenvalue weighted by molar-refractivity contribution is 7.89. The van der Waals surface area contributed by atoms with E-state index in [1.165, 1.54) is 40.7 Å². The lowest BCUT2D eigenvalue weighted by Crippen LogP contribution is -2.43. The normalized spacial score (nSPS) is 13.5. The van der Waals surface area contributed by atoms with Gasteiger partial charge in [0.1, 0.15) is 0 Å². The Balaban J connectivity index is 3.16. The summed E-state index contributed by atoms with van der Waals surface area (Å²) < 4.78 is 32.1. The predicted molar refractivity (Wildman–Crippen MR) is 101 cm³/mol. The Hall–Kier alpha value is -1.41. The topological polar surface area (TPSA) is 83.9 Å². The number of nitrogens with zero attached hydrogens (tertiary/aromatic N) is 1. The number of carbonyl (C=O) groups excluding carboxylic acids is 1. The quantitative estimate of drug-likeness (QED) is 0.479. The van der Waals surface area contributed by atoms with E-state index in [0.717, 1.165) is 0 Å². The van der Waals surface area contributed by atoms with E-state index in [9.17, 15) is 18.3 Å². The molecular weight excluding hydrogens is 378 g/mol. The van der Waals surface area contributed by atoms with Gasteiger partial charge in [0.15, 0.2) is 0 Å². The maximum Gasteiger partial charge on any atom is 0.330 e. The molecule has 1 N–H and O–H groups in total. The molecule has 1 rings (SSSR count). The van der Waals surface area contributed by atoms with Gasteiger partial charge in [0, 0.05) is 23.7 Å². The van der Waals surface area contributed by atoms with Crippen LogP contribution in [0.25, 0.3) is 0 Å². The molecular formula is C18H26ClNO5S. The van der Waals surface area contributed by atoms with E-state index < -0.39 is 22.0 Å². The molecule has 0 amide bonds. The fourth-order valence-corrected chi connectivity index (χ4v) is 4.16. The third-order valence-corrected chi connectivity index (χ3v) is 5.79. The summed E-state index contributed by atoms with van der Waals surface area (Å²) in [6, 6.07) is 5.23. The summed E-state index contributed by atoms with van der Waals surface area (Å²) in [5.74, 6) is -0.357. The van der Waals surface area contributed by atoms with Crippen molar-refractivity contribution in [3.8, 4) is 0 Å². The van der Waals surface area contributed by atoms with Gasteiger partial charge in [-0.2, -0.15) is 4.31 Å². The van der Waals surface area contributed by atoms with Crippen molar-refractivity contribution in [2.75, 3.05) is 19.8 Å². The number of rotatable bonds is 10. The fourth-order valence-electron chi connectivity index (χ4n) is 2.46. The first-order valence-corrected chi connectivity index (χ1v) is 10.3. The molecule has 0 heterocycles. The molecule has 26 heavy (non-hydrogen) atoms. The van der Waals surface area contributed by atoms with Crippen LogP contribution in [0.2, 0.25) is 5.02 Å². The summed E-state index contributed by atoms with van der Waals surface area (Å²) in [7, 11) is -3.87. The van der Waals surface area contributed by atoms with Crippen LogP contribution in [0.4, 0.5) is 0 Å². The second kappa shape index (κ2) is 10.7. The van der Waals surface area contributed by atoms with Crippen molar-refractivity contribution < 1.29 is 23.1 Å². The lowest BCUT2D eigenvalue weighted by Gasteiger charge is -2.30. The van der Waals surface area contributed by atoms with E-state index in [-0.39, 0.29) is 30.6 Å². The molecule has 8 heteroatoms. The average Bonchev–Trinajstić information content (AvgIpc) is 2.57. The molecule has 0 fully saturated rings. The summed E-state index contributed by atoms with van der Waals surface area (Å²) in [6.45, 7) is 5.45. The van der Waals surface area contributed by atoms with E-state index in [0.29, 0.717) is 11.4 Å². The van der Waals surface area contributed by atoms with Gasteiger partial charge in [-0.1, -0.05) is 31.5 Å². The number of sulfonamides is 1. The largest absolute Gasteiger partial charge is 0.463 e. The van der Waals surface area contributed by atoms with Crippen LogP contribution in [0.1, 0.15) is 27.2 Å². The number of carbonyl (C=O) groups is 1. The molecule has 0 aliphatic rings. The second-order valence-electron chi connectivity index (χ2n) is 6.15. The van der Waals surface area contributed by atoms with Crippen LogP contribution in [-0.2, 0) is 19.6 Å². The smallest absolute Gasteiger partial charge is 0.330 e. The Bertz CT molecular complexity index is 701. The SMILES string of the molecule is CCOC(=O)/C=C/CN(C(CO)CC(C)C)S(=O)(=O)c1ccc(Cl)cc1.